The number of hydrogen-bond donors (Lipinski definition) is 2. The number of H-pyrrole nitrogens is 1. The molecule has 7 nitrogen and oxygen atoms in total. The highest BCUT2D eigenvalue weighted by molar-refractivity contribution is 5.84. The molecule has 3 aromatic heterocycles. The zero-order valence-electron chi connectivity index (χ0n) is 11.0. The van der Waals surface area contributed by atoms with Gasteiger partial charge in [0.2, 0.25) is 0 Å². The van der Waals surface area contributed by atoms with Crippen LogP contribution in [0.25, 0.3) is 11.0 Å². The standard InChI is InChI=1S/C13H14N6O/c1-19-13-10(7-16-19)11(20-9-2-3-9)4-12(18-13)17-8-5-14-15-6-8/h4-7,9H,2-3H2,1H3,(H,14,15)(H,17,18). The second-order valence-corrected chi connectivity index (χ2v) is 4.94. The topological polar surface area (TPSA) is 80.6 Å². The van der Waals surface area contributed by atoms with Crippen LogP contribution in [0.4, 0.5) is 11.5 Å². The fourth-order valence-corrected chi connectivity index (χ4v) is 2.08. The monoisotopic (exact) mass is 270 g/mol. The lowest BCUT2D eigenvalue weighted by Crippen LogP contribution is -2.01. The van der Waals surface area contributed by atoms with Gasteiger partial charge in [0, 0.05) is 19.3 Å². The second kappa shape index (κ2) is 4.22. The summed E-state index contributed by atoms with van der Waals surface area (Å²) in [6, 6.07) is 1.91. The van der Waals surface area contributed by atoms with Crippen LogP contribution >= 0.6 is 0 Å². The summed E-state index contributed by atoms with van der Waals surface area (Å²) < 4.78 is 7.70. The van der Waals surface area contributed by atoms with Gasteiger partial charge in [-0.1, -0.05) is 0 Å². The fourth-order valence-electron chi connectivity index (χ4n) is 2.08. The zero-order valence-corrected chi connectivity index (χ0v) is 11.0. The Morgan fingerprint density at radius 1 is 1.40 bits per heavy atom. The SMILES string of the molecule is Cn1ncc2c(OC3CC3)cc(Nc3cn[nH]c3)nc21. The molecule has 3 aromatic rings. The fraction of sp³-hybridized carbons (Fsp3) is 0.308. The molecule has 0 saturated heterocycles. The van der Waals surface area contributed by atoms with Crippen molar-refractivity contribution in [1.82, 2.24) is 25.0 Å². The summed E-state index contributed by atoms with van der Waals surface area (Å²) in [5.74, 6) is 1.55. The van der Waals surface area contributed by atoms with Gasteiger partial charge in [-0.3, -0.25) is 9.78 Å². The van der Waals surface area contributed by atoms with Gasteiger partial charge < -0.3 is 10.1 Å². The van der Waals surface area contributed by atoms with Crippen molar-refractivity contribution in [1.29, 1.82) is 0 Å². The summed E-state index contributed by atoms with van der Waals surface area (Å²) >= 11 is 0. The highest BCUT2D eigenvalue weighted by Crippen LogP contribution is 2.33. The zero-order chi connectivity index (χ0) is 13.5. The summed E-state index contributed by atoms with van der Waals surface area (Å²) in [4.78, 5) is 4.57. The van der Waals surface area contributed by atoms with Crippen molar-refractivity contribution in [2.24, 2.45) is 7.05 Å². The predicted molar refractivity (Wildman–Crippen MR) is 74.0 cm³/mol. The molecule has 4 rings (SSSR count). The molecule has 2 N–H and O–H groups in total. The quantitative estimate of drug-likeness (QED) is 0.757. The molecule has 1 aliphatic carbocycles. The molecule has 0 spiro atoms. The Kier molecular flexibility index (Phi) is 2.38. The van der Waals surface area contributed by atoms with Gasteiger partial charge in [0.15, 0.2) is 5.65 Å². The number of aryl methyl sites for hydroxylation is 1. The highest BCUT2D eigenvalue weighted by Gasteiger charge is 2.25. The van der Waals surface area contributed by atoms with Crippen molar-refractivity contribution in [2.75, 3.05) is 5.32 Å². The van der Waals surface area contributed by atoms with Crippen molar-refractivity contribution in [3.8, 4) is 5.75 Å². The Morgan fingerprint density at radius 3 is 3.05 bits per heavy atom. The van der Waals surface area contributed by atoms with E-state index in [0.29, 0.717) is 6.10 Å². The minimum Gasteiger partial charge on any atom is -0.489 e. The number of nitrogens with one attached hydrogen (secondary N) is 2. The van der Waals surface area contributed by atoms with Gasteiger partial charge >= 0.3 is 0 Å². The lowest BCUT2D eigenvalue weighted by atomic mass is 10.3. The smallest absolute Gasteiger partial charge is 0.163 e. The van der Waals surface area contributed by atoms with Crippen molar-refractivity contribution >= 4 is 22.5 Å². The van der Waals surface area contributed by atoms with E-state index < -0.39 is 0 Å². The molecular weight excluding hydrogens is 256 g/mol. The van der Waals surface area contributed by atoms with E-state index in [0.717, 1.165) is 41.1 Å². The third-order valence-electron chi connectivity index (χ3n) is 3.26. The normalized spacial score (nSPS) is 14.7. The largest absolute Gasteiger partial charge is 0.489 e. The summed E-state index contributed by atoms with van der Waals surface area (Å²) in [5, 5.41) is 15.1. The summed E-state index contributed by atoms with van der Waals surface area (Å²) in [6.07, 6.45) is 7.85. The molecule has 0 aromatic carbocycles. The van der Waals surface area contributed by atoms with Gasteiger partial charge in [-0.2, -0.15) is 10.2 Å². The van der Waals surface area contributed by atoms with Gasteiger partial charge in [-0.05, 0) is 12.8 Å². The van der Waals surface area contributed by atoms with E-state index in [9.17, 15) is 0 Å². The number of nitrogens with zero attached hydrogens (tertiary/aromatic N) is 4. The average molecular weight is 270 g/mol. The van der Waals surface area contributed by atoms with Crippen LogP contribution in [-0.2, 0) is 7.05 Å². The number of hydrogen-bond acceptors (Lipinski definition) is 5. The molecule has 102 valence electrons. The van der Waals surface area contributed by atoms with E-state index in [4.69, 9.17) is 4.74 Å². The van der Waals surface area contributed by atoms with Crippen LogP contribution in [0.5, 0.6) is 5.75 Å². The number of ether oxygens (including phenoxy) is 1. The van der Waals surface area contributed by atoms with Crippen LogP contribution in [0.1, 0.15) is 12.8 Å². The first-order valence-electron chi connectivity index (χ1n) is 6.55. The van der Waals surface area contributed by atoms with Crippen LogP contribution in [-0.4, -0.2) is 31.1 Å². The molecule has 20 heavy (non-hydrogen) atoms. The van der Waals surface area contributed by atoms with Crippen LogP contribution in [0.3, 0.4) is 0 Å². The molecule has 0 amide bonds. The maximum Gasteiger partial charge on any atom is 0.163 e. The number of anilines is 2. The summed E-state index contributed by atoms with van der Waals surface area (Å²) in [5.41, 5.74) is 1.66. The van der Waals surface area contributed by atoms with Crippen LogP contribution in [0, 0.1) is 0 Å². The Labute approximate surface area is 115 Å². The molecular formula is C13H14N6O. The molecule has 0 atom stereocenters. The minimum absolute atomic E-state index is 0.336. The van der Waals surface area contributed by atoms with E-state index in [1.165, 1.54) is 0 Å². The van der Waals surface area contributed by atoms with Crippen LogP contribution < -0.4 is 10.1 Å². The second-order valence-electron chi connectivity index (χ2n) is 4.94. The van der Waals surface area contributed by atoms with E-state index in [1.54, 1.807) is 23.3 Å². The number of fused-ring (bicyclic) bond motifs is 1. The average Bonchev–Trinajstić information content (AvgIpc) is 2.95. The molecule has 0 unspecified atom stereocenters. The van der Waals surface area contributed by atoms with Crippen molar-refractivity contribution in [3.05, 3.63) is 24.7 Å². The van der Waals surface area contributed by atoms with Crippen LogP contribution in [0.15, 0.2) is 24.7 Å². The first kappa shape index (κ1) is 11.3. The van der Waals surface area contributed by atoms with Gasteiger partial charge in [-0.15, -0.1) is 0 Å². The Balaban J connectivity index is 1.77. The van der Waals surface area contributed by atoms with Crippen LogP contribution in [0.2, 0.25) is 0 Å². The summed E-state index contributed by atoms with van der Waals surface area (Å²) in [7, 11) is 1.87. The number of aromatic nitrogens is 5. The molecule has 0 radical (unpaired) electrons. The molecule has 7 heteroatoms. The summed E-state index contributed by atoms with van der Waals surface area (Å²) in [6.45, 7) is 0. The first-order chi connectivity index (χ1) is 9.79. The highest BCUT2D eigenvalue weighted by atomic mass is 16.5. The molecule has 0 bridgehead atoms. The van der Waals surface area contributed by atoms with E-state index in [1.807, 2.05) is 13.1 Å². The number of rotatable bonds is 4. The molecule has 3 heterocycles. The van der Waals surface area contributed by atoms with E-state index >= 15 is 0 Å². The van der Waals surface area contributed by atoms with Crippen molar-refractivity contribution < 1.29 is 4.74 Å². The Hall–Kier alpha value is -2.57. The third-order valence-corrected chi connectivity index (χ3v) is 3.26. The van der Waals surface area contributed by atoms with E-state index in [-0.39, 0.29) is 0 Å². The number of pyridine rings is 1. The number of aromatic amines is 1. The van der Waals surface area contributed by atoms with Gasteiger partial charge in [0.25, 0.3) is 0 Å². The Morgan fingerprint density at radius 2 is 2.30 bits per heavy atom. The lowest BCUT2D eigenvalue weighted by Gasteiger charge is -2.09. The third kappa shape index (κ3) is 1.97. The molecule has 1 aliphatic rings. The molecule has 1 saturated carbocycles. The Bertz CT molecular complexity index is 744. The van der Waals surface area contributed by atoms with Crippen molar-refractivity contribution in [3.63, 3.8) is 0 Å². The van der Waals surface area contributed by atoms with Gasteiger partial charge in [-0.25, -0.2) is 4.98 Å². The predicted octanol–water partition coefficient (Wildman–Crippen LogP) is 1.98. The maximum absolute atomic E-state index is 5.95. The van der Waals surface area contributed by atoms with Gasteiger partial charge in [0.1, 0.15) is 11.6 Å². The maximum atomic E-state index is 5.95. The lowest BCUT2D eigenvalue weighted by molar-refractivity contribution is 0.307. The molecule has 0 aliphatic heterocycles. The van der Waals surface area contributed by atoms with Crippen molar-refractivity contribution in [2.45, 2.75) is 18.9 Å². The molecule has 1 fully saturated rings. The first-order valence-corrected chi connectivity index (χ1v) is 6.55. The van der Waals surface area contributed by atoms with E-state index in [2.05, 4.69) is 25.6 Å². The minimum atomic E-state index is 0.336. The van der Waals surface area contributed by atoms with Gasteiger partial charge in [0.05, 0.1) is 29.6 Å².